The number of benzene rings is 2. The maximum Gasteiger partial charge on any atom is 0.131 e. The van der Waals surface area contributed by atoms with Gasteiger partial charge in [0.25, 0.3) is 0 Å². The summed E-state index contributed by atoms with van der Waals surface area (Å²) < 4.78 is 13.8. The van der Waals surface area contributed by atoms with Crippen molar-refractivity contribution in [2.24, 2.45) is 0 Å². The molecule has 0 radical (unpaired) electrons. The van der Waals surface area contributed by atoms with Gasteiger partial charge in [0.15, 0.2) is 0 Å². The third-order valence-corrected chi connectivity index (χ3v) is 3.26. The predicted octanol–water partition coefficient (Wildman–Crippen LogP) is 3.85. The maximum atomic E-state index is 13.8. The lowest BCUT2D eigenvalue weighted by Gasteiger charge is -2.21. The molecule has 0 aliphatic carbocycles. The summed E-state index contributed by atoms with van der Waals surface area (Å²) in [4.78, 5) is 0. The van der Waals surface area contributed by atoms with E-state index in [1.165, 1.54) is 11.6 Å². The largest absolute Gasteiger partial charge is 0.385 e. The highest BCUT2D eigenvalue weighted by Crippen LogP contribution is 2.33. The summed E-state index contributed by atoms with van der Waals surface area (Å²) in [6, 6.07) is 13.0. The molecule has 1 N–H and O–H groups in total. The minimum atomic E-state index is -0.147. The highest BCUT2D eigenvalue weighted by molar-refractivity contribution is 5.75. The fraction of sp³-hybridized carbons (Fsp3) is 0.200. The number of rotatable bonds is 1. The number of hydrogen-bond donors (Lipinski definition) is 1. The van der Waals surface area contributed by atoms with Crippen LogP contribution in [-0.2, 0) is 6.42 Å². The first kappa shape index (κ1) is 10.3. The summed E-state index contributed by atoms with van der Waals surface area (Å²) >= 11 is 0. The van der Waals surface area contributed by atoms with Crippen LogP contribution in [0.15, 0.2) is 42.5 Å². The monoisotopic (exact) mass is 227 g/mol. The number of fused-ring (bicyclic) bond motifs is 1. The molecule has 0 saturated carbocycles. The molecular formula is C15H14FN. The highest BCUT2D eigenvalue weighted by atomic mass is 19.1. The molecule has 0 spiro atoms. The van der Waals surface area contributed by atoms with Gasteiger partial charge in [-0.2, -0.15) is 0 Å². The first-order valence-electron chi connectivity index (χ1n) is 5.97. The van der Waals surface area contributed by atoms with Crippen LogP contribution in [0.2, 0.25) is 0 Å². The van der Waals surface area contributed by atoms with Crippen LogP contribution < -0.4 is 5.32 Å². The van der Waals surface area contributed by atoms with E-state index in [0.717, 1.165) is 30.6 Å². The van der Waals surface area contributed by atoms with Gasteiger partial charge in [0.05, 0.1) is 0 Å². The molecule has 1 nitrogen and oxygen atoms in total. The van der Waals surface area contributed by atoms with Gasteiger partial charge in [0.2, 0.25) is 0 Å². The second-order valence-corrected chi connectivity index (χ2v) is 4.34. The topological polar surface area (TPSA) is 12.0 Å². The molecule has 0 fully saturated rings. The molecule has 0 unspecified atom stereocenters. The van der Waals surface area contributed by atoms with Gasteiger partial charge in [-0.05, 0) is 36.1 Å². The molecule has 0 aromatic heterocycles. The van der Waals surface area contributed by atoms with Gasteiger partial charge in [0, 0.05) is 17.8 Å². The second-order valence-electron chi connectivity index (χ2n) is 4.34. The van der Waals surface area contributed by atoms with E-state index in [2.05, 4.69) is 11.4 Å². The Morgan fingerprint density at radius 1 is 0.941 bits per heavy atom. The molecule has 17 heavy (non-hydrogen) atoms. The van der Waals surface area contributed by atoms with Crippen molar-refractivity contribution >= 4 is 5.69 Å². The Hall–Kier alpha value is -1.83. The molecule has 86 valence electrons. The molecule has 3 rings (SSSR count). The molecular weight excluding hydrogens is 213 g/mol. The van der Waals surface area contributed by atoms with Crippen LogP contribution in [0.3, 0.4) is 0 Å². The molecule has 2 heteroatoms. The van der Waals surface area contributed by atoms with Crippen LogP contribution in [-0.4, -0.2) is 6.54 Å². The molecule has 1 heterocycles. The Kier molecular flexibility index (Phi) is 2.56. The van der Waals surface area contributed by atoms with Crippen molar-refractivity contribution in [2.45, 2.75) is 12.8 Å². The van der Waals surface area contributed by atoms with Crippen molar-refractivity contribution in [1.82, 2.24) is 0 Å². The molecule has 0 amide bonds. The fourth-order valence-electron chi connectivity index (χ4n) is 2.44. The summed E-state index contributed by atoms with van der Waals surface area (Å²) in [5.74, 6) is -0.147. The summed E-state index contributed by atoms with van der Waals surface area (Å²) in [7, 11) is 0. The van der Waals surface area contributed by atoms with Crippen LogP contribution >= 0.6 is 0 Å². The lowest BCUT2D eigenvalue weighted by Crippen LogP contribution is -2.12. The van der Waals surface area contributed by atoms with Crippen LogP contribution in [0.4, 0.5) is 10.1 Å². The molecule has 0 bridgehead atoms. The predicted molar refractivity (Wildman–Crippen MR) is 68.6 cm³/mol. The summed E-state index contributed by atoms with van der Waals surface area (Å²) in [6.07, 6.45) is 2.13. The van der Waals surface area contributed by atoms with Crippen molar-refractivity contribution < 1.29 is 4.39 Å². The van der Waals surface area contributed by atoms with Gasteiger partial charge in [-0.3, -0.25) is 0 Å². The Morgan fingerprint density at radius 3 is 2.65 bits per heavy atom. The van der Waals surface area contributed by atoms with Gasteiger partial charge >= 0.3 is 0 Å². The van der Waals surface area contributed by atoms with Crippen molar-refractivity contribution in [1.29, 1.82) is 0 Å². The standard InChI is InChI=1S/C15H14FN/c16-14-8-2-1-5-12(14)11-6-3-9-15-13(11)7-4-10-17-15/h1-3,5-6,8-9,17H,4,7,10H2. The van der Waals surface area contributed by atoms with E-state index in [1.807, 2.05) is 24.3 Å². The minimum Gasteiger partial charge on any atom is -0.385 e. The number of halogens is 1. The SMILES string of the molecule is Fc1ccccc1-c1cccc2c1CCCN2. The molecule has 1 aliphatic rings. The van der Waals surface area contributed by atoms with Crippen molar-refractivity contribution in [2.75, 3.05) is 11.9 Å². The Labute approximate surface area is 100 Å². The van der Waals surface area contributed by atoms with Gasteiger partial charge in [-0.1, -0.05) is 30.3 Å². The van der Waals surface area contributed by atoms with Crippen LogP contribution in [0.5, 0.6) is 0 Å². The zero-order valence-electron chi connectivity index (χ0n) is 9.54. The van der Waals surface area contributed by atoms with Crippen LogP contribution in [0, 0.1) is 5.82 Å². The van der Waals surface area contributed by atoms with Crippen molar-refractivity contribution in [3.63, 3.8) is 0 Å². The van der Waals surface area contributed by atoms with Crippen LogP contribution in [0.1, 0.15) is 12.0 Å². The zero-order chi connectivity index (χ0) is 11.7. The van der Waals surface area contributed by atoms with Gasteiger partial charge < -0.3 is 5.32 Å². The first-order valence-corrected chi connectivity index (χ1v) is 5.97. The third-order valence-electron chi connectivity index (χ3n) is 3.26. The second kappa shape index (κ2) is 4.21. The minimum absolute atomic E-state index is 0.147. The molecule has 0 saturated heterocycles. The molecule has 2 aromatic rings. The number of anilines is 1. The van der Waals surface area contributed by atoms with E-state index in [9.17, 15) is 4.39 Å². The van der Waals surface area contributed by atoms with Crippen molar-refractivity contribution in [3.05, 3.63) is 53.8 Å². The molecule has 1 aliphatic heterocycles. The number of hydrogen-bond acceptors (Lipinski definition) is 1. The summed E-state index contributed by atoms with van der Waals surface area (Å²) in [5.41, 5.74) is 4.11. The third kappa shape index (κ3) is 1.80. The highest BCUT2D eigenvalue weighted by Gasteiger charge is 2.15. The normalized spacial score (nSPS) is 13.9. The van der Waals surface area contributed by atoms with E-state index in [0.29, 0.717) is 5.56 Å². The fourth-order valence-corrected chi connectivity index (χ4v) is 2.44. The Morgan fingerprint density at radius 2 is 1.76 bits per heavy atom. The first-order chi connectivity index (χ1) is 8.36. The van der Waals surface area contributed by atoms with E-state index in [-0.39, 0.29) is 5.82 Å². The van der Waals surface area contributed by atoms with E-state index >= 15 is 0 Å². The molecule has 0 atom stereocenters. The van der Waals surface area contributed by atoms with E-state index in [4.69, 9.17) is 0 Å². The zero-order valence-corrected chi connectivity index (χ0v) is 9.54. The van der Waals surface area contributed by atoms with Crippen molar-refractivity contribution in [3.8, 4) is 11.1 Å². The van der Waals surface area contributed by atoms with E-state index in [1.54, 1.807) is 6.07 Å². The Bertz CT molecular complexity index is 548. The summed E-state index contributed by atoms with van der Waals surface area (Å²) in [5, 5.41) is 3.37. The molecule has 2 aromatic carbocycles. The smallest absolute Gasteiger partial charge is 0.131 e. The lowest BCUT2D eigenvalue weighted by atomic mass is 9.93. The number of nitrogens with one attached hydrogen (secondary N) is 1. The average Bonchev–Trinajstić information content (AvgIpc) is 2.39. The maximum absolute atomic E-state index is 13.8. The van der Waals surface area contributed by atoms with Gasteiger partial charge in [-0.15, -0.1) is 0 Å². The quantitative estimate of drug-likeness (QED) is 0.780. The summed E-state index contributed by atoms with van der Waals surface area (Å²) in [6.45, 7) is 1.01. The van der Waals surface area contributed by atoms with Gasteiger partial charge in [-0.25, -0.2) is 4.39 Å². The average molecular weight is 227 g/mol. The van der Waals surface area contributed by atoms with Crippen LogP contribution in [0.25, 0.3) is 11.1 Å². The lowest BCUT2D eigenvalue weighted by molar-refractivity contribution is 0.631. The Balaban J connectivity index is 2.18. The van der Waals surface area contributed by atoms with E-state index < -0.39 is 0 Å². The van der Waals surface area contributed by atoms with Gasteiger partial charge in [0.1, 0.15) is 5.82 Å².